The molecule has 4 nitrogen and oxygen atoms in total. The van der Waals surface area contributed by atoms with Crippen LogP contribution in [-0.4, -0.2) is 25.5 Å². The molecule has 19 heavy (non-hydrogen) atoms. The van der Waals surface area contributed by atoms with Crippen molar-refractivity contribution >= 4 is 28.2 Å². The Labute approximate surface area is 116 Å². The summed E-state index contributed by atoms with van der Waals surface area (Å²) < 4.78 is 4.81. The number of nitrogens with zero attached hydrogens (tertiary/aromatic N) is 1. The Morgan fingerprint density at radius 3 is 2.74 bits per heavy atom. The van der Waals surface area contributed by atoms with Crippen LogP contribution in [0.3, 0.4) is 0 Å². The average molecular weight is 277 g/mol. The number of amides is 1. The number of aryl methyl sites for hydroxylation is 1. The molecule has 1 aliphatic heterocycles. The van der Waals surface area contributed by atoms with Gasteiger partial charge in [-0.25, -0.2) is 4.79 Å². The highest BCUT2D eigenvalue weighted by Crippen LogP contribution is 2.38. The van der Waals surface area contributed by atoms with E-state index >= 15 is 0 Å². The van der Waals surface area contributed by atoms with Crippen molar-refractivity contribution < 1.29 is 14.3 Å². The topological polar surface area (TPSA) is 46.6 Å². The van der Waals surface area contributed by atoms with Gasteiger partial charge in [-0.3, -0.25) is 4.79 Å². The summed E-state index contributed by atoms with van der Waals surface area (Å²) >= 11 is 1.43. The Balaban J connectivity index is 2.46. The van der Waals surface area contributed by atoms with E-state index in [-0.39, 0.29) is 11.8 Å². The number of ether oxygens (including phenoxy) is 1. The minimum absolute atomic E-state index is 0.0330. The zero-order chi connectivity index (χ0) is 14.2. The highest BCUT2D eigenvalue weighted by Gasteiger charge is 2.34. The van der Waals surface area contributed by atoms with Crippen LogP contribution in [-0.2, 0) is 9.53 Å². The van der Waals surface area contributed by atoms with E-state index in [2.05, 4.69) is 5.92 Å². The molecular formula is C14H15NO3S. The Bertz CT molecular complexity index is 582. The number of hydrogen-bond donors (Lipinski definition) is 0. The van der Waals surface area contributed by atoms with Gasteiger partial charge in [0, 0.05) is 23.8 Å². The van der Waals surface area contributed by atoms with E-state index in [9.17, 15) is 9.59 Å². The molecule has 1 atom stereocenters. The maximum absolute atomic E-state index is 12.0. The van der Waals surface area contributed by atoms with Crippen LogP contribution in [0.15, 0.2) is 0 Å². The van der Waals surface area contributed by atoms with E-state index < -0.39 is 5.97 Å². The minimum Gasteiger partial charge on any atom is -0.465 e. The van der Waals surface area contributed by atoms with Gasteiger partial charge in [0.15, 0.2) is 0 Å². The molecule has 0 aliphatic carbocycles. The van der Waals surface area contributed by atoms with Crippen LogP contribution in [0.25, 0.3) is 0 Å². The molecule has 0 N–H and O–H groups in total. The first-order valence-electron chi connectivity index (χ1n) is 5.94. The number of hydrogen-bond acceptors (Lipinski definition) is 4. The van der Waals surface area contributed by atoms with Gasteiger partial charge in [-0.15, -0.1) is 23.7 Å². The minimum atomic E-state index is -0.409. The van der Waals surface area contributed by atoms with Gasteiger partial charge in [-0.2, -0.15) is 0 Å². The summed E-state index contributed by atoms with van der Waals surface area (Å²) in [5, 5.41) is 0.657. The number of anilines is 1. The molecule has 0 saturated carbocycles. The molecule has 1 unspecified atom stereocenters. The third-order valence-corrected chi connectivity index (χ3v) is 4.59. The molecule has 0 spiro atoms. The summed E-state index contributed by atoms with van der Waals surface area (Å²) in [7, 11) is 1.34. The van der Waals surface area contributed by atoms with Crippen molar-refractivity contribution in [3.8, 4) is 12.3 Å². The van der Waals surface area contributed by atoms with Crippen LogP contribution >= 0.6 is 11.3 Å². The van der Waals surface area contributed by atoms with Crippen molar-refractivity contribution in [2.75, 3.05) is 18.6 Å². The van der Waals surface area contributed by atoms with E-state index in [0.29, 0.717) is 23.5 Å². The largest absolute Gasteiger partial charge is 0.465 e. The van der Waals surface area contributed by atoms with Crippen LogP contribution < -0.4 is 4.90 Å². The van der Waals surface area contributed by atoms with Gasteiger partial charge in [0.2, 0.25) is 5.91 Å². The summed E-state index contributed by atoms with van der Waals surface area (Å²) in [6.07, 6.45) is 5.72. The van der Waals surface area contributed by atoms with Gasteiger partial charge in [0.1, 0.15) is 5.00 Å². The molecule has 1 aromatic rings. The fourth-order valence-corrected chi connectivity index (χ4v) is 3.33. The van der Waals surface area contributed by atoms with E-state index in [1.165, 1.54) is 18.4 Å². The highest BCUT2D eigenvalue weighted by molar-refractivity contribution is 7.16. The highest BCUT2D eigenvalue weighted by atomic mass is 32.1. The van der Waals surface area contributed by atoms with Crippen LogP contribution in [0.4, 0.5) is 5.00 Å². The lowest BCUT2D eigenvalue weighted by Crippen LogP contribution is -2.25. The predicted molar refractivity (Wildman–Crippen MR) is 74.4 cm³/mol. The monoisotopic (exact) mass is 277 g/mol. The SMILES string of the molecule is C#CC1CC(=O)N(c2sc(C)c(C)c2C(=O)OC)C1. The summed E-state index contributed by atoms with van der Waals surface area (Å²) in [4.78, 5) is 26.5. The first-order valence-corrected chi connectivity index (χ1v) is 6.76. The smallest absolute Gasteiger partial charge is 0.341 e. The number of carbonyl (C=O) groups excluding carboxylic acids is 2. The van der Waals surface area contributed by atoms with Gasteiger partial charge in [-0.05, 0) is 19.4 Å². The lowest BCUT2D eigenvalue weighted by Gasteiger charge is -2.15. The van der Waals surface area contributed by atoms with Gasteiger partial charge in [-0.1, -0.05) is 0 Å². The lowest BCUT2D eigenvalue weighted by molar-refractivity contribution is -0.117. The normalized spacial score (nSPS) is 18.5. The molecule has 1 aliphatic rings. The fourth-order valence-electron chi connectivity index (χ4n) is 2.16. The Hall–Kier alpha value is -1.80. The molecule has 100 valence electrons. The van der Waals surface area contributed by atoms with E-state index in [4.69, 9.17) is 11.2 Å². The van der Waals surface area contributed by atoms with E-state index in [1.807, 2.05) is 13.8 Å². The molecule has 2 heterocycles. The lowest BCUT2D eigenvalue weighted by atomic mass is 10.1. The van der Waals surface area contributed by atoms with Crippen LogP contribution in [0, 0.1) is 32.1 Å². The quantitative estimate of drug-likeness (QED) is 0.614. The Morgan fingerprint density at radius 2 is 2.21 bits per heavy atom. The zero-order valence-corrected chi connectivity index (χ0v) is 12.0. The number of thiophene rings is 1. The van der Waals surface area contributed by atoms with Crippen LogP contribution in [0.5, 0.6) is 0 Å². The maximum atomic E-state index is 12.0. The first kappa shape index (κ1) is 13.6. The molecule has 1 fully saturated rings. The van der Waals surface area contributed by atoms with E-state index in [1.54, 1.807) is 4.90 Å². The summed E-state index contributed by atoms with van der Waals surface area (Å²) in [5.41, 5.74) is 1.35. The number of carbonyl (C=O) groups is 2. The molecule has 0 aromatic carbocycles. The van der Waals surface area contributed by atoms with Gasteiger partial charge >= 0.3 is 5.97 Å². The van der Waals surface area contributed by atoms with Crippen molar-refractivity contribution in [1.82, 2.24) is 0 Å². The second-order valence-corrected chi connectivity index (χ2v) is 5.73. The molecule has 1 amide bonds. The zero-order valence-electron chi connectivity index (χ0n) is 11.1. The fraction of sp³-hybridized carbons (Fsp3) is 0.429. The number of rotatable bonds is 2. The van der Waals surface area contributed by atoms with Crippen LogP contribution in [0.1, 0.15) is 27.2 Å². The van der Waals surface area contributed by atoms with Crippen molar-refractivity contribution in [2.24, 2.45) is 5.92 Å². The molecule has 5 heteroatoms. The molecular weight excluding hydrogens is 262 g/mol. The Kier molecular flexibility index (Phi) is 3.63. The molecule has 1 aromatic heterocycles. The van der Waals surface area contributed by atoms with Gasteiger partial charge in [0.05, 0.1) is 12.7 Å². The standard InChI is InChI=1S/C14H15NO3S/c1-5-10-6-11(16)15(7-10)13-12(14(17)18-4)8(2)9(3)19-13/h1,10H,6-7H2,2-4H3. The Morgan fingerprint density at radius 1 is 1.53 bits per heavy atom. The first-order chi connectivity index (χ1) is 8.99. The van der Waals surface area contributed by atoms with Gasteiger partial charge in [0.25, 0.3) is 0 Å². The summed E-state index contributed by atoms with van der Waals surface area (Å²) in [6.45, 7) is 4.26. The number of terminal acetylenes is 1. The second-order valence-electron chi connectivity index (χ2n) is 4.53. The van der Waals surface area contributed by atoms with Crippen molar-refractivity contribution in [3.05, 3.63) is 16.0 Å². The van der Waals surface area contributed by atoms with Crippen molar-refractivity contribution in [2.45, 2.75) is 20.3 Å². The van der Waals surface area contributed by atoms with Crippen molar-refractivity contribution in [3.63, 3.8) is 0 Å². The molecule has 0 bridgehead atoms. The summed E-state index contributed by atoms with van der Waals surface area (Å²) in [6, 6.07) is 0. The van der Waals surface area contributed by atoms with E-state index in [0.717, 1.165) is 10.4 Å². The molecule has 1 saturated heterocycles. The average Bonchev–Trinajstić information content (AvgIpc) is 2.90. The number of methoxy groups -OCH3 is 1. The maximum Gasteiger partial charge on any atom is 0.341 e. The second kappa shape index (κ2) is 5.06. The van der Waals surface area contributed by atoms with Gasteiger partial charge < -0.3 is 9.64 Å². The molecule has 2 rings (SSSR count). The third-order valence-electron chi connectivity index (χ3n) is 3.36. The van der Waals surface area contributed by atoms with Crippen LogP contribution in [0.2, 0.25) is 0 Å². The predicted octanol–water partition coefficient (Wildman–Crippen LogP) is 2.14. The number of esters is 1. The van der Waals surface area contributed by atoms with Crippen molar-refractivity contribution in [1.29, 1.82) is 0 Å². The third kappa shape index (κ3) is 2.24. The summed E-state index contributed by atoms with van der Waals surface area (Å²) in [5.74, 6) is 2.08. The molecule has 0 radical (unpaired) electrons.